The number of benzene rings is 2. The molecule has 3 heteroatoms. The molecule has 1 aliphatic rings. The minimum absolute atomic E-state index is 0.0531. The summed E-state index contributed by atoms with van der Waals surface area (Å²) in [7, 11) is 0. The van der Waals surface area contributed by atoms with E-state index in [9.17, 15) is 5.11 Å². The summed E-state index contributed by atoms with van der Waals surface area (Å²) in [6.07, 6.45) is 6.14. The number of phenols is 1. The highest BCUT2D eigenvalue weighted by molar-refractivity contribution is 5.88. The van der Waals surface area contributed by atoms with Crippen LogP contribution in [0.15, 0.2) is 60.9 Å². The van der Waals surface area contributed by atoms with Gasteiger partial charge in [0.15, 0.2) is 0 Å². The van der Waals surface area contributed by atoms with E-state index in [2.05, 4.69) is 28.1 Å². The molecule has 1 fully saturated rings. The Labute approximate surface area is 136 Å². The zero-order valence-corrected chi connectivity index (χ0v) is 13.0. The summed E-state index contributed by atoms with van der Waals surface area (Å²) in [6.45, 7) is 2.12. The molecule has 23 heavy (non-hydrogen) atoms. The van der Waals surface area contributed by atoms with E-state index in [-0.39, 0.29) is 6.04 Å². The minimum Gasteiger partial charge on any atom is -0.508 e. The fourth-order valence-corrected chi connectivity index (χ4v) is 3.67. The second kappa shape index (κ2) is 6.01. The molecular weight excluding hydrogens is 284 g/mol. The van der Waals surface area contributed by atoms with Gasteiger partial charge in [0.25, 0.3) is 0 Å². The van der Waals surface area contributed by atoms with Gasteiger partial charge in [-0.15, -0.1) is 0 Å². The van der Waals surface area contributed by atoms with E-state index < -0.39 is 0 Å². The molecule has 1 atom stereocenters. The van der Waals surface area contributed by atoms with Gasteiger partial charge in [0.2, 0.25) is 0 Å². The van der Waals surface area contributed by atoms with Crippen LogP contribution in [-0.2, 0) is 0 Å². The number of rotatable bonds is 3. The average Bonchev–Trinajstić information content (AvgIpc) is 3.12. The summed E-state index contributed by atoms with van der Waals surface area (Å²) in [5, 5.41) is 12.9. The average molecular weight is 304 g/mol. The first-order chi connectivity index (χ1) is 11.3. The Hall–Kier alpha value is -2.39. The maximum atomic E-state index is 10.7. The molecule has 4 rings (SSSR count). The third-order valence-corrected chi connectivity index (χ3v) is 4.73. The van der Waals surface area contributed by atoms with Crippen LogP contribution < -0.4 is 0 Å². The Kier molecular flexibility index (Phi) is 3.72. The van der Waals surface area contributed by atoms with E-state index in [0.717, 1.165) is 35.0 Å². The van der Waals surface area contributed by atoms with Crippen molar-refractivity contribution in [2.24, 2.45) is 0 Å². The third-order valence-electron chi connectivity index (χ3n) is 4.73. The lowest BCUT2D eigenvalue weighted by Crippen LogP contribution is -2.27. The van der Waals surface area contributed by atoms with Gasteiger partial charge < -0.3 is 5.11 Å². The van der Waals surface area contributed by atoms with E-state index in [1.165, 1.54) is 12.8 Å². The Bertz CT molecular complexity index is 810. The molecular formula is C20H20N2O. The first kappa shape index (κ1) is 14.2. The summed E-state index contributed by atoms with van der Waals surface area (Å²) < 4.78 is 0. The number of fused-ring (bicyclic) bond motifs is 1. The maximum absolute atomic E-state index is 10.7. The van der Waals surface area contributed by atoms with Gasteiger partial charge in [-0.3, -0.25) is 9.88 Å². The molecule has 0 radical (unpaired) electrons. The van der Waals surface area contributed by atoms with Gasteiger partial charge in [-0.25, -0.2) is 0 Å². The Morgan fingerprint density at radius 1 is 0.957 bits per heavy atom. The summed E-state index contributed by atoms with van der Waals surface area (Å²) in [5.41, 5.74) is 2.14. The molecule has 2 heterocycles. The van der Waals surface area contributed by atoms with Crippen LogP contribution >= 0.6 is 0 Å². The minimum atomic E-state index is 0.0531. The van der Waals surface area contributed by atoms with Crippen molar-refractivity contribution in [2.45, 2.75) is 18.9 Å². The summed E-state index contributed by atoms with van der Waals surface area (Å²) in [6, 6.07) is 16.2. The predicted molar refractivity (Wildman–Crippen MR) is 92.5 cm³/mol. The lowest BCUT2D eigenvalue weighted by Gasteiger charge is -2.29. The van der Waals surface area contributed by atoms with E-state index in [0.29, 0.717) is 5.75 Å². The number of likely N-dealkylation sites (tertiary alicyclic amines) is 1. The normalized spacial score (nSPS) is 16.7. The molecule has 116 valence electrons. The number of nitrogens with zero attached hydrogens (tertiary/aromatic N) is 2. The monoisotopic (exact) mass is 304 g/mol. The molecule has 1 aliphatic heterocycles. The van der Waals surface area contributed by atoms with E-state index in [1.54, 1.807) is 6.20 Å². The standard InChI is InChI=1S/C20H20N2O/c23-18-10-9-15-6-1-2-8-17(15)19(18)20(22-12-3-4-13-22)16-7-5-11-21-14-16/h1-2,5-11,14,20,23H,3-4,12-13H2. The molecule has 1 unspecified atom stereocenters. The Morgan fingerprint density at radius 3 is 2.57 bits per heavy atom. The molecule has 1 N–H and O–H groups in total. The van der Waals surface area contributed by atoms with Crippen molar-refractivity contribution in [3.05, 3.63) is 72.1 Å². The fraction of sp³-hybridized carbons (Fsp3) is 0.250. The van der Waals surface area contributed by atoms with Gasteiger partial charge in [0, 0.05) is 18.0 Å². The zero-order chi connectivity index (χ0) is 15.6. The van der Waals surface area contributed by atoms with Crippen LogP contribution in [0.5, 0.6) is 5.75 Å². The van der Waals surface area contributed by atoms with Crippen molar-refractivity contribution in [1.29, 1.82) is 0 Å². The number of hydrogen-bond donors (Lipinski definition) is 1. The number of aromatic nitrogens is 1. The van der Waals surface area contributed by atoms with Crippen LogP contribution in [0.4, 0.5) is 0 Å². The van der Waals surface area contributed by atoms with Crippen molar-refractivity contribution < 1.29 is 5.11 Å². The highest BCUT2D eigenvalue weighted by Crippen LogP contribution is 2.40. The maximum Gasteiger partial charge on any atom is 0.121 e. The molecule has 0 bridgehead atoms. The topological polar surface area (TPSA) is 36.4 Å². The molecule has 0 amide bonds. The van der Waals surface area contributed by atoms with Crippen LogP contribution in [0.2, 0.25) is 0 Å². The van der Waals surface area contributed by atoms with Gasteiger partial charge in [0.1, 0.15) is 5.75 Å². The molecule has 2 aromatic carbocycles. The molecule has 3 aromatic rings. The van der Waals surface area contributed by atoms with Gasteiger partial charge >= 0.3 is 0 Å². The first-order valence-corrected chi connectivity index (χ1v) is 8.19. The van der Waals surface area contributed by atoms with Gasteiger partial charge in [0.05, 0.1) is 6.04 Å². The predicted octanol–water partition coefficient (Wildman–Crippen LogP) is 4.13. The SMILES string of the molecule is Oc1ccc2ccccc2c1C(c1cccnc1)N1CCCC1. The van der Waals surface area contributed by atoms with Crippen molar-refractivity contribution in [1.82, 2.24) is 9.88 Å². The highest BCUT2D eigenvalue weighted by Gasteiger charge is 2.28. The van der Waals surface area contributed by atoms with Crippen molar-refractivity contribution in [3.63, 3.8) is 0 Å². The fourth-order valence-electron chi connectivity index (χ4n) is 3.67. The lowest BCUT2D eigenvalue weighted by atomic mass is 9.92. The van der Waals surface area contributed by atoms with Crippen LogP contribution in [0.25, 0.3) is 10.8 Å². The van der Waals surface area contributed by atoms with Crippen molar-refractivity contribution in [2.75, 3.05) is 13.1 Å². The number of aromatic hydroxyl groups is 1. The van der Waals surface area contributed by atoms with Crippen LogP contribution in [-0.4, -0.2) is 28.1 Å². The number of phenolic OH excluding ortho intramolecular Hbond substituents is 1. The van der Waals surface area contributed by atoms with Crippen LogP contribution in [0.1, 0.15) is 30.0 Å². The van der Waals surface area contributed by atoms with Gasteiger partial charge in [-0.1, -0.05) is 36.4 Å². The number of hydrogen-bond acceptors (Lipinski definition) is 3. The lowest BCUT2D eigenvalue weighted by molar-refractivity contribution is 0.276. The molecule has 1 saturated heterocycles. The van der Waals surface area contributed by atoms with E-state index >= 15 is 0 Å². The molecule has 0 saturated carbocycles. The van der Waals surface area contributed by atoms with Crippen LogP contribution in [0.3, 0.4) is 0 Å². The molecule has 0 spiro atoms. The largest absolute Gasteiger partial charge is 0.508 e. The van der Waals surface area contributed by atoms with E-state index in [1.807, 2.05) is 36.5 Å². The quantitative estimate of drug-likeness (QED) is 0.790. The van der Waals surface area contributed by atoms with Crippen LogP contribution in [0, 0.1) is 0 Å². The van der Waals surface area contributed by atoms with E-state index in [4.69, 9.17) is 0 Å². The second-order valence-corrected chi connectivity index (χ2v) is 6.15. The van der Waals surface area contributed by atoms with Gasteiger partial charge in [-0.05, 0) is 54.4 Å². The Morgan fingerprint density at radius 2 is 1.78 bits per heavy atom. The molecule has 0 aliphatic carbocycles. The smallest absolute Gasteiger partial charge is 0.121 e. The molecule has 3 nitrogen and oxygen atoms in total. The highest BCUT2D eigenvalue weighted by atomic mass is 16.3. The summed E-state index contributed by atoms with van der Waals surface area (Å²) in [5.74, 6) is 0.365. The first-order valence-electron chi connectivity index (χ1n) is 8.19. The van der Waals surface area contributed by atoms with Gasteiger partial charge in [-0.2, -0.15) is 0 Å². The Balaban J connectivity index is 1.95. The zero-order valence-electron chi connectivity index (χ0n) is 13.0. The summed E-state index contributed by atoms with van der Waals surface area (Å²) in [4.78, 5) is 6.76. The second-order valence-electron chi connectivity index (χ2n) is 6.15. The number of pyridine rings is 1. The van der Waals surface area contributed by atoms with Crippen molar-refractivity contribution >= 4 is 10.8 Å². The van der Waals surface area contributed by atoms with Crippen molar-refractivity contribution in [3.8, 4) is 5.75 Å². The summed E-state index contributed by atoms with van der Waals surface area (Å²) >= 11 is 0. The third kappa shape index (κ3) is 2.57. The molecule has 1 aromatic heterocycles.